The van der Waals surface area contributed by atoms with Crippen LogP contribution >= 0.6 is 27.3 Å². The Morgan fingerprint density at radius 2 is 2.44 bits per heavy atom. The van der Waals surface area contributed by atoms with Crippen LogP contribution < -0.4 is 5.32 Å². The number of nitrogens with one attached hydrogen (secondary N) is 1. The van der Waals surface area contributed by atoms with E-state index in [0.717, 1.165) is 9.35 Å². The molecule has 0 saturated carbocycles. The Bertz CT molecular complexity index is 452. The number of likely N-dealkylation sites (N-methyl/N-ethyl adjacent to an activating group) is 1. The van der Waals surface area contributed by atoms with Gasteiger partial charge in [-0.3, -0.25) is 10.1 Å². The van der Waals surface area contributed by atoms with E-state index in [0.29, 0.717) is 6.54 Å². The van der Waals surface area contributed by atoms with E-state index >= 15 is 0 Å². The highest BCUT2D eigenvalue weighted by atomic mass is 79.9. The molecule has 1 atom stereocenters. The van der Waals surface area contributed by atoms with Crippen LogP contribution in [0.2, 0.25) is 0 Å². The van der Waals surface area contributed by atoms with E-state index in [2.05, 4.69) is 21.2 Å². The van der Waals surface area contributed by atoms with Gasteiger partial charge in [0, 0.05) is 28.2 Å². The van der Waals surface area contributed by atoms with Crippen molar-refractivity contribution in [1.82, 2.24) is 10.2 Å². The Hall–Kier alpha value is -0.530. The van der Waals surface area contributed by atoms with Gasteiger partial charge in [-0.15, -0.1) is 11.3 Å². The molecule has 1 amide bonds. The third kappa shape index (κ3) is 3.27. The molecular weight excluding hydrogens is 326 g/mol. The minimum atomic E-state index is -2.77. The molecular formula is C11H13BrF2N2OS. The van der Waals surface area contributed by atoms with E-state index in [1.54, 1.807) is 7.05 Å². The zero-order valence-electron chi connectivity index (χ0n) is 9.75. The molecule has 100 valence electrons. The van der Waals surface area contributed by atoms with Crippen LogP contribution in [0.5, 0.6) is 0 Å². The van der Waals surface area contributed by atoms with Crippen LogP contribution in [0.25, 0.3) is 0 Å². The second-order valence-corrected chi connectivity index (χ2v) is 6.33. The lowest BCUT2D eigenvalue weighted by Gasteiger charge is -2.20. The summed E-state index contributed by atoms with van der Waals surface area (Å²) in [6.45, 7) is 0.0284. The highest BCUT2D eigenvalue weighted by molar-refractivity contribution is 9.10. The first-order chi connectivity index (χ1) is 8.37. The zero-order chi connectivity index (χ0) is 13.3. The predicted octanol–water partition coefficient (Wildman–Crippen LogP) is 2.47. The SMILES string of the molecule is CN(Cc1cc(Br)cs1)C(=O)C1CC(F)(F)CN1. The lowest BCUT2D eigenvalue weighted by molar-refractivity contribution is -0.132. The maximum atomic E-state index is 13.0. The van der Waals surface area contributed by atoms with Crippen molar-refractivity contribution in [2.45, 2.75) is 24.9 Å². The molecule has 1 fully saturated rings. The summed E-state index contributed by atoms with van der Waals surface area (Å²) in [7, 11) is 1.63. The maximum Gasteiger partial charge on any atom is 0.262 e. The molecule has 1 aliphatic rings. The standard InChI is InChI=1S/C11H13BrF2N2OS/c1-16(4-8-2-7(12)5-18-8)10(17)9-3-11(13,14)6-15-9/h2,5,9,15H,3-4,6H2,1H3. The second-order valence-electron chi connectivity index (χ2n) is 4.42. The van der Waals surface area contributed by atoms with Crippen LogP contribution in [0, 0.1) is 0 Å². The number of rotatable bonds is 3. The van der Waals surface area contributed by atoms with Crippen molar-refractivity contribution >= 4 is 33.2 Å². The van der Waals surface area contributed by atoms with Crippen molar-refractivity contribution in [3.8, 4) is 0 Å². The molecule has 3 nitrogen and oxygen atoms in total. The first-order valence-electron chi connectivity index (χ1n) is 5.46. The van der Waals surface area contributed by atoms with Gasteiger partial charge >= 0.3 is 0 Å². The molecule has 18 heavy (non-hydrogen) atoms. The number of carbonyl (C=O) groups excluding carboxylic acids is 1. The summed E-state index contributed by atoms with van der Waals surface area (Å²) < 4.78 is 27.0. The largest absolute Gasteiger partial charge is 0.339 e. The minimum Gasteiger partial charge on any atom is -0.339 e. The van der Waals surface area contributed by atoms with E-state index in [9.17, 15) is 13.6 Å². The average molecular weight is 339 g/mol. The van der Waals surface area contributed by atoms with Gasteiger partial charge < -0.3 is 4.90 Å². The Balaban J connectivity index is 1.93. The van der Waals surface area contributed by atoms with Crippen molar-refractivity contribution < 1.29 is 13.6 Å². The molecule has 1 unspecified atom stereocenters. The van der Waals surface area contributed by atoms with Crippen LogP contribution in [0.1, 0.15) is 11.3 Å². The quantitative estimate of drug-likeness (QED) is 0.918. The van der Waals surface area contributed by atoms with E-state index in [1.807, 2.05) is 11.4 Å². The van der Waals surface area contributed by atoms with Crippen molar-refractivity contribution in [1.29, 1.82) is 0 Å². The molecule has 1 saturated heterocycles. The monoisotopic (exact) mass is 338 g/mol. The molecule has 2 heterocycles. The number of carbonyl (C=O) groups is 1. The summed E-state index contributed by atoms with van der Waals surface area (Å²) in [5.74, 6) is -3.05. The van der Waals surface area contributed by atoms with Gasteiger partial charge in [0.2, 0.25) is 5.91 Å². The fourth-order valence-electron chi connectivity index (χ4n) is 1.90. The fraction of sp³-hybridized carbons (Fsp3) is 0.545. The molecule has 0 bridgehead atoms. The first-order valence-corrected chi connectivity index (χ1v) is 7.14. The number of hydrogen-bond acceptors (Lipinski definition) is 3. The number of hydrogen-bond donors (Lipinski definition) is 1. The van der Waals surface area contributed by atoms with E-state index in [4.69, 9.17) is 0 Å². The van der Waals surface area contributed by atoms with Crippen LogP contribution in [-0.4, -0.2) is 36.4 Å². The smallest absolute Gasteiger partial charge is 0.262 e. The Labute approximate surface area is 116 Å². The van der Waals surface area contributed by atoms with Crippen molar-refractivity contribution in [3.63, 3.8) is 0 Å². The third-order valence-electron chi connectivity index (χ3n) is 2.80. The van der Waals surface area contributed by atoms with E-state index in [1.165, 1.54) is 16.2 Å². The van der Waals surface area contributed by atoms with Gasteiger partial charge in [0.25, 0.3) is 5.92 Å². The lowest BCUT2D eigenvalue weighted by atomic mass is 10.1. The van der Waals surface area contributed by atoms with Crippen LogP contribution in [0.3, 0.4) is 0 Å². The highest BCUT2D eigenvalue weighted by Crippen LogP contribution is 2.26. The first kappa shape index (κ1) is 13.9. The number of nitrogens with zero attached hydrogens (tertiary/aromatic N) is 1. The zero-order valence-corrected chi connectivity index (χ0v) is 12.2. The second kappa shape index (κ2) is 5.22. The summed E-state index contributed by atoms with van der Waals surface area (Å²) in [4.78, 5) is 14.5. The van der Waals surface area contributed by atoms with Gasteiger partial charge in [0.05, 0.1) is 19.1 Å². The van der Waals surface area contributed by atoms with Crippen LogP contribution in [0.4, 0.5) is 8.78 Å². The number of alkyl halides is 2. The molecule has 1 N–H and O–H groups in total. The van der Waals surface area contributed by atoms with Gasteiger partial charge in [0.15, 0.2) is 0 Å². The average Bonchev–Trinajstić information content (AvgIpc) is 2.83. The van der Waals surface area contributed by atoms with Crippen LogP contribution in [0.15, 0.2) is 15.9 Å². The van der Waals surface area contributed by atoms with Crippen molar-refractivity contribution in [2.75, 3.05) is 13.6 Å². The minimum absolute atomic E-state index is 0.281. The number of halogens is 3. The van der Waals surface area contributed by atoms with Gasteiger partial charge in [-0.2, -0.15) is 0 Å². The molecule has 1 aliphatic heterocycles. The molecule has 0 aromatic carbocycles. The summed E-state index contributed by atoms with van der Waals surface area (Å²) >= 11 is 4.86. The molecule has 0 radical (unpaired) electrons. The molecule has 0 aliphatic carbocycles. The predicted molar refractivity (Wildman–Crippen MR) is 69.8 cm³/mol. The highest BCUT2D eigenvalue weighted by Gasteiger charge is 2.43. The maximum absolute atomic E-state index is 13.0. The molecule has 2 rings (SSSR count). The van der Waals surface area contributed by atoms with Crippen LogP contribution in [-0.2, 0) is 11.3 Å². The molecule has 0 spiro atoms. The third-order valence-corrected chi connectivity index (χ3v) is 4.48. The number of amides is 1. The Kier molecular flexibility index (Phi) is 4.03. The normalized spacial score (nSPS) is 22.1. The van der Waals surface area contributed by atoms with Gasteiger partial charge in [0.1, 0.15) is 0 Å². The van der Waals surface area contributed by atoms with Gasteiger partial charge in [-0.1, -0.05) is 0 Å². The fourth-order valence-corrected chi connectivity index (χ4v) is 3.41. The van der Waals surface area contributed by atoms with Crippen molar-refractivity contribution in [2.24, 2.45) is 0 Å². The molecule has 1 aromatic heterocycles. The van der Waals surface area contributed by atoms with Crippen molar-refractivity contribution in [3.05, 3.63) is 20.8 Å². The molecule has 7 heteroatoms. The summed E-state index contributed by atoms with van der Waals surface area (Å²) in [5, 5.41) is 4.50. The van der Waals surface area contributed by atoms with E-state index < -0.39 is 24.9 Å². The summed E-state index contributed by atoms with van der Waals surface area (Å²) in [5.41, 5.74) is 0. The summed E-state index contributed by atoms with van der Waals surface area (Å²) in [6.07, 6.45) is -0.412. The number of thiophene rings is 1. The lowest BCUT2D eigenvalue weighted by Crippen LogP contribution is -2.41. The summed E-state index contributed by atoms with van der Waals surface area (Å²) in [6, 6.07) is 1.15. The van der Waals surface area contributed by atoms with Gasteiger partial charge in [-0.05, 0) is 22.0 Å². The Morgan fingerprint density at radius 3 is 2.94 bits per heavy atom. The topological polar surface area (TPSA) is 32.3 Å². The van der Waals surface area contributed by atoms with E-state index in [-0.39, 0.29) is 5.91 Å². The molecule has 1 aromatic rings. The Morgan fingerprint density at radius 1 is 1.72 bits per heavy atom. The van der Waals surface area contributed by atoms with Gasteiger partial charge in [-0.25, -0.2) is 8.78 Å².